The fourth-order valence-corrected chi connectivity index (χ4v) is 3.77. The second-order valence-corrected chi connectivity index (χ2v) is 7.41. The number of carbonyl (C=O) groups is 1. The van der Waals surface area contributed by atoms with Crippen molar-refractivity contribution in [2.24, 2.45) is 0 Å². The Bertz CT molecular complexity index is 811. The average Bonchev–Trinajstić information content (AvgIpc) is 2.67. The molecule has 144 valence electrons. The number of hydrogen-bond donors (Lipinski definition) is 1. The molecule has 0 aliphatic carbocycles. The molecule has 0 radical (unpaired) electrons. The largest absolute Gasteiger partial charge is 0.487 e. The third-order valence-electron chi connectivity index (χ3n) is 5.51. The Kier molecular flexibility index (Phi) is 5.73. The fraction of sp³-hybridized carbons (Fsp3) is 0.435. The standard InChI is InChI=1S/C23H29NO3/c1-5-23(6-2)14-19(18-9-7-8-10-21(18)27-23)24-22(25)15-26-20-12-11-16(3)13-17(20)4/h7-13,19H,5-6,14-15H2,1-4H3,(H,24,25)/t19-/m1/s1. The monoisotopic (exact) mass is 367 g/mol. The zero-order valence-electron chi connectivity index (χ0n) is 16.7. The predicted molar refractivity (Wildman–Crippen MR) is 107 cm³/mol. The van der Waals surface area contributed by atoms with Crippen LogP contribution in [0.15, 0.2) is 42.5 Å². The van der Waals surface area contributed by atoms with Gasteiger partial charge in [0.1, 0.15) is 17.1 Å². The number of rotatable bonds is 6. The molecular weight excluding hydrogens is 338 g/mol. The first-order valence-electron chi connectivity index (χ1n) is 9.73. The summed E-state index contributed by atoms with van der Waals surface area (Å²) in [6.45, 7) is 8.32. The number of carbonyl (C=O) groups excluding carboxylic acids is 1. The van der Waals surface area contributed by atoms with Crippen molar-refractivity contribution in [3.63, 3.8) is 0 Å². The molecule has 2 aromatic carbocycles. The first kappa shape index (κ1) is 19.3. The van der Waals surface area contributed by atoms with Crippen LogP contribution in [-0.4, -0.2) is 18.1 Å². The molecule has 1 atom stereocenters. The number of benzene rings is 2. The zero-order chi connectivity index (χ0) is 19.4. The molecule has 0 aromatic heterocycles. The van der Waals surface area contributed by atoms with Crippen LogP contribution >= 0.6 is 0 Å². The molecule has 0 bridgehead atoms. The van der Waals surface area contributed by atoms with Crippen molar-refractivity contribution in [2.75, 3.05) is 6.61 Å². The van der Waals surface area contributed by atoms with E-state index < -0.39 is 0 Å². The topological polar surface area (TPSA) is 47.6 Å². The van der Waals surface area contributed by atoms with Gasteiger partial charge in [0.2, 0.25) is 0 Å². The van der Waals surface area contributed by atoms with Crippen molar-refractivity contribution in [2.45, 2.75) is 58.6 Å². The van der Waals surface area contributed by atoms with E-state index in [1.54, 1.807) is 0 Å². The lowest BCUT2D eigenvalue weighted by Crippen LogP contribution is -2.45. The van der Waals surface area contributed by atoms with E-state index in [2.05, 4.69) is 25.2 Å². The molecule has 27 heavy (non-hydrogen) atoms. The van der Waals surface area contributed by atoms with Crippen molar-refractivity contribution in [1.29, 1.82) is 0 Å². The summed E-state index contributed by atoms with van der Waals surface area (Å²) in [6, 6.07) is 13.9. The molecule has 1 amide bonds. The summed E-state index contributed by atoms with van der Waals surface area (Å²) < 4.78 is 12.0. The molecule has 4 nitrogen and oxygen atoms in total. The zero-order valence-corrected chi connectivity index (χ0v) is 16.7. The predicted octanol–water partition coefficient (Wildman–Crippen LogP) is 4.88. The maximum absolute atomic E-state index is 12.6. The van der Waals surface area contributed by atoms with Gasteiger partial charge < -0.3 is 14.8 Å². The summed E-state index contributed by atoms with van der Waals surface area (Å²) in [4.78, 5) is 12.6. The molecule has 0 saturated heterocycles. The van der Waals surface area contributed by atoms with E-state index in [4.69, 9.17) is 9.47 Å². The Labute approximate surface area is 161 Å². The van der Waals surface area contributed by atoms with Gasteiger partial charge in [0.15, 0.2) is 6.61 Å². The van der Waals surface area contributed by atoms with Crippen LogP contribution in [-0.2, 0) is 4.79 Å². The molecule has 0 unspecified atom stereocenters. The molecule has 1 heterocycles. The molecule has 1 N–H and O–H groups in total. The van der Waals surface area contributed by atoms with Gasteiger partial charge in [0.05, 0.1) is 6.04 Å². The maximum atomic E-state index is 12.6. The molecule has 0 fully saturated rings. The molecular formula is C23H29NO3. The number of nitrogens with one attached hydrogen (secondary N) is 1. The summed E-state index contributed by atoms with van der Waals surface area (Å²) in [6.07, 6.45) is 2.58. The second kappa shape index (κ2) is 8.03. The lowest BCUT2D eigenvalue weighted by molar-refractivity contribution is -0.124. The van der Waals surface area contributed by atoms with E-state index in [9.17, 15) is 4.79 Å². The van der Waals surface area contributed by atoms with Crippen LogP contribution in [0, 0.1) is 13.8 Å². The summed E-state index contributed by atoms with van der Waals surface area (Å²) in [5.41, 5.74) is 3.02. The number of hydrogen-bond acceptors (Lipinski definition) is 3. The Morgan fingerprint density at radius 3 is 2.63 bits per heavy atom. The van der Waals surface area contributed by atoms with Crippen LogP contribution in [0.4, 0.5) is 0 Å². The normalized spacial score (nSPS) is 17.6. The van der Waals surface area contributed by atoms with Gasteiger partial charge in [-0.15, -0.1) is 0 Å². The van der Waals surface area contributed by atoms with Gasteiger partial charge in [-0.05, 0) is 44.4 Å². The molecule has 0 spiro atoms. The van der Waals surface area contributed by atoms with Crippen molar-refractivity contribution in [3.8, 4) is 11.5 Å². The Hall–Kier alpha value is -2.49. The lowest BCUT2D eigenvalue weighted by Gasteiger charge is -2.41. The molecule has 4 heteroatoms. The maximum Gasteiger partial charge on any atom is 0.258 e. The van der Waals surface area contributed by atoms with Gasteiger partial charge in [-0.1, -0.05) is 49.7 Å². The smallest absolute Gasteiger partial charge is 0.258 e. The molecule has 0 saturated carbocycles. The Morgan fingerprint density at radius 2 is 1.93 bits per heavy atom. The first-order chi connectivity index (χ1) is 13.0. The SMILES string of the molecule is CCC1(CC)C[C@@H](NC(=O)COc2ccc(C)cc2C)c2ccccc2O1. The van der Waals surface area contributed by atoms with E-state index in [0.717, 1.165) is 41.9 Å². The van der Waals surface area contributed by atoms with Crippen LogP contribution in [0.5, 0.6) is 11.5 Å². The van der Waals surface area contributed by atoms with E-state index in [-0.39, 0.29) is 24.2 Å². The van der Waals surface area contributed by atoms with Gasteiger partial charge >= 0.3 is 0 Å². The van der Waals surface area contributed by atoms with Crippen LogP contribution < -0.4 is 14.8 Å². The highest BCUT2D eigenvalue weighted by molar-refractivity contribution is 5.78. The number of para-hydroxylation sites is 1. The Balaban J connectivity index is 1.70. The molecule has 1 aliphatic rings. The van der Waals surface area contributed by atoms with Gasteiger partial charge in [-0.2, -0.15) is 0 Å². The van der Waals surface area contributed by atoms with Crippen LogP contribution in [0.3, 0.4) is 0 Å². The third-order valence-corrected chi connectivity index (χ3v) is 5.51. The van der Waals surface area contributed by atoms with Crippen LogP contribution in [0.25, 0.3) is 0 Å². The van der Waals surface area contributed by atoms with E-state index in [0.29, 0.717) is 0 Å². The van der Waals surface area contributed by atoms with Gasteiger partial charge in [-0.3, -0.25) is 4.79 Å². The highest BCUT2D eigenvalue weighted by atomic mass is 16.5. The quantitative estimate of drug-likeness (QED) is 0.791. The third kappa shape index (κ3) is 4.26. The van der Waals surface area contributed by atoms with Crippen molar-refractivity contribution < 1.29 is 14.3 Å². The van der Waals surface area contributed by atoms with Crippen molar-refractivity contribution >= 4 is 5.91 Å². The number of ether oxygens (including phenoxy) is 2. The van der Waals surface area contributed by atoms with Crippen LogP contribution in [0.2, 0.25) is 0 Å². The number of fused-ring (bicyclic) bond motifs is 1. The highest BCUT2D eigenvalue weighted by Crippen LogP contribution is 2.42. The van der Waals surface area contributed by atoms with Crippen molar-refractivity contribution in [3.05, 3.63) is 59.2 Å². The molecule has 1 aliphatic heterocycles. The fourth-order valence-electron chi connectivity index (χ4n) is 3.77. The minimum atomic E-state index is -0.235. The highest BCUT2D eigenvalue weighted by Gasteiger charge is 2.38. The second-order valence-electron chi connectivity index (χ2n) is 7.41. The summed E-state index contributed by atoms with van der Waals surface area (Å²) in [7, 11) is 0. The van der Waals surface area contributed by atoms with Crippen LogP contribution in [0.1, 0.15) is 55.8 Å². The van der Waals surface area contributed by atoms with E-state index in [1.807, 2.05) is 50.2 Å². The number of amides is 1. The lowest BCUT2D eigenvalue weighted by atomic mass is 9.83. The average molecular weight is 367 g/mol. The first-order valence-corrected chi connectivity index (χ1v) is 9.73. The number of aryl methyl sites for hydroxylation is 2. The summed E-state index contributed by atoms with van der Waals surface area (Å²) in [5, 5.41) is 3.16. The Morgan fingerprint density at radius 1 is 1.19 bits per heavy atom. The van der Waals surface area contributed by atoms with Gasteiger partial charge in [-0.25, -0.2) is 0 Å². The van der Waals surface area contributed by atoms with Gasteiger partial charge in [0.25, 0.3) is 5.91 Å². The minimum Gasteiger partial charge on any atom is -0.487 e. The summed E-state index contributed by atoms with van der Waals surface area (Å²) in [5.74, 6) is 1.51. The van der Waals surface area contributed by atoms with E-state index in [1.165, 1.54) is 5.56 Å². The minimum absolute atomic E-state index is 0.00861. The molecule has 2 aromatic rings. The van der Waals surface area contributed by atoms with Gasteiger partial charge in [0, 0.05) is 12.0 Å². The molecule has 3 rings (SSSR count). The van der Waals surface area contributed by atoms with E-state index >= 15 is 0 Å². The van der Waals surface area contributed by atoms with Crippen molar-refractivity contribution in [1.82, 2.24) is 5.32 Å². The summed E-state index contributed by atoms with van der Waals surface area (Å²) >= 11 is 0.